The van der Waals surface area contributed by atoms with Gasteiger partial charge in [0, 0.05) is 11.6 Å². The molecule has 0 radical (unpaired) electrons. The highest BCUT2D eigenvalue weighted by atomic mass is 16.4. The number of nitrogens with one attached hydrogen (secondary N) is 1. The number of nitrogens with two attached hydrogens (primary N) is 1. The lowest BCUT2D eigenvalue weighted by molar-refractivity contribution is 0.0915. The normalized spacial score (nSPS) is 13.7. The summed E-state index contributed by atoms with van der Waals surface area (Å²) >= 11 is 0. The lowest BCUT2D eigenvalue weighted by Crippen LogP contribution is -2.38. The Kier molecular flexibility index (Phi) is 4.76. The van der Waals surface area contributed by atoms with Crippen LogP contribution in [0.2, 0.25) is 0 Å². The lowest BCUT2D eigenvalue weighted by atomic mass is 9.87. The summed E-state index contributed by atoms with van der Waals surface area (Å²) in [6, 6.07) is 2.28. The molecule has 0 spiro atoms. The predicted molar refractivity (Wildman–Crippen MR) is 75.5 cm³/mol. The number of carbonyl (C=O) groups is 1. The van der Waals surface area contributed by atoms with Gasteiger partial charge >= 0.3 is 5.91 Å². The first-order chi connectivity index (χ1) is 8.66. The number of nitrogen functional groups attached to an aromatic ring is 1. The predicted octanol–water partition coefficient (Wildman–Crippen LogP) is 2.06. The first-order valence-corrected chi connectivity index (χ1v) is 6.47. The molecule has 5 nitrogen and oxygen atoms in total. The summed E-state index contributed by atoms with van der Waals surface area (Å²) in [6.07, 6.45) is 0. The lowest BCUT2D eigenvalue weighted by Gasteiger charge is -2.34. The zero-order valence-electron chi connectivity index (χ0n) is 12.7. The van der Waals surface area contributed by atoms with E-state index in [1.54, 1.807) is 0 Å². The van der Waals surface area contributed by atoms with Gasteiger partial charge in [-0.3, -0.25) is 15.1 Å². The highest BCUT2D eigenvalue weighted by Gasteiger charge is 2.25. The summed E-state index contributed by atoms with van der Waals surface area (Å²) in [5, 5.41) is 0. The molecule has 108 valence electrons. The van der Waals surface area contributed by atoms with E-state index in [9.17, 15) is 4.79 Å². The SMILES string of the molecule is Cc1cc(CN(C)C(C)C(C)(C)C)oc1C(=O)NN. The van der Waals surface area contributed by atoms with Gasteiger partial charge in [-0.2, -0.15) is 0 Å². The number of furan rings is 1. The first-order valence-electron chi connectivity index (χ1n) is 6.47. The zero-order chi connectivity index (χ0) is 14.8. The average molecular weight is 267 g/mol. The van der Waals surface area contributed by atoms with Crippen molar-refractivity contribution in [1.29, 1.82) is 0 Å². The van der Waals surface area contributed by atoms with E-state index in [0.29, 0.717) is 12.6 Å². The molecule has 0 bridgehead atoms. The number of amides is 1. The van der Waals surface area contributed by atoms with Crippen LogP contribution in [0.4, 0.5) is 0 Å². The molecule has 3 N–H and O–H groups in total. The summed E-state index contributed by atoms with van der Waals surface area (Å²) in [4.78, 5) is 13.7. The maximum atomic E-state index is 11.5. The van der Waals surface area contributed by atoms with E-state index in [1.165, 1.54) is 0 Å². The van der Waals surface area contributed by atoms with E-state index in [1.807, 2.05) is 13.0 Å². The van der Waals surface area contributed by atoms with Crippen molar-refractivity contribution in [3.8, 4) is 0 Å². The van der Waals surface area contributed by atoms with Gasteiger partial charge in [0.2, 0.25) is 0 Å². The zero-order valence-corrected chi connectivity index (χ0v) is 12.7. The van der Waals surface area contributed by atoms with Crippen molar-refractivity contribution in [2.45, 2.75) is 47.2 Å². The van der Waals surface area contributed by atoms with E-state index in [4.69, 9.17) is 10.3 Å². The fourth-order valence-electron chi connectivity index (χ4n) is 1.96. The maximum Gasteiger partial charge on any atom is 0.301 e. The topological polar surface area (TPSA) is 71.5 Å². The van der Waals surface area contributed by atoms with Gasteiger partial charge in [0.05, 0.1) is 6.54 Å². The molecule has 1 heterocycles. The number of hydrogen-bond acceptors (Lipinski definition) is 4. The van der Waals surface area contributed by atoms with Gasteiger partial charge in [-0.15, -0.1) is 0 Å². The summed E-state index contributed by atoms with van der Waals surface area (Å²) in [5.74, 6) is 5.78. The van der Waals surface area contributed by atoms with Crippen molar-refractivity contribution < 1.29 is 9.21 Å². The Morgan fingerprint density at radius 1 is 1.53 bits per heavy atom. The highest BCUT2D eigenvalue weighted by molar-refractivity contribution is 5.92. The summed E-state index contributed by atoms with van der Waals surface area (Å²) in [7, 11) is 2.05. The minimum atomic E-state index is -0.393. The standard InChI is InChI=1S/C14H25N3O2/c1-9-7-11(19-12(9)13(18)16-15)8-17(6)10(2)14(3,4)5/h7,10H,8,15H2,1-6H3,(H,16,18). The van der Waals surface area contributed by atoms with E-state index < -0.39 is 5.91 Å². The Balaban J connectivity index is 2.81. The number of hydrazine groups is 1. The molecule has 19 heavy (non-hydrogen) atoms. The quantitative estimate of drug-likeness (QED) is 0.497. The van der Waals surface area contributed by atoms with Gasteiger partial charge < -0.3 is 4.42 Å². The van der Waals surface area contributed by atoms with Crippen molar-refractivity contribution in [3.63, 3.8) is 0 Å². The van der Waals surface area contributed by atoms with Crippen LogP contribution in [-0.2, 0) is 6.54 Å². The number of nitrogens with zero attached hydrogens (tertiary/aromatic N) is 1. The number of aryl methyl sites for hydroxylation is 1. The summed E-state index contributed by atoms with van der Waals surface area (Å²) in [6.45, 7) is 11.3. The van der Waals surface area contributed by atoms with Crippen LogP contribution in [0.15, 0.2) is 10.5 Å². The molecule has 1 aromatic rings. The Morgan fingerprint density at radius 2 is 2.11 bits per heavy atom. The number of carbonyl (C=O) groups excluding carboxylic acids is 1. The fourth-order valence-corrected chi connectivity index (χ4v) is 1.96. The molecule has 0 aromatic carbocycles. The van der Waals surface area contributed by atoms with Gasteiger partial charge in [-0.05, 0) is 32.4 Å². The van der Waals surface area contributed by atoms with Crippen LogP contribution < -0.4 is 11.3 Å². The van der Waals surface area contributed by atoms with Gasteiger partial charge in [0.15, 0.2) is 5.76 Å². The third-order valence-corrected chi connectivity index (χ3v) is 3.63. The molecule has 1 unspecified atom stereocenters. The first kappa shape index (κ1) is 15.7. The third-order valence-electron chi connectivity index (χ3n) is 3.63. The van der Waals surface area contributed by atoms with E-state index in [0.717, 1.165) is 11.3 Å². The van der Waals surface area contributed by atoms with Crippen LogP contribution in [0.25, 0.3) is 0 Å². The molecule has 0 aliphatic heterocycles. The van der Waals surface area contributed by atoms with Crippen molar-refractivity contribution >= 4 is 5.91 Å². The molecule has 0 fully saturated rings. The number of hydrogen-bond donors (Lipinski definition) is 2. The van der Waals surface area contributed by atoms with Crippen LogP contribution in [-0.4, -0.2) is 23.9 Å². The molecule has 1 amide bonds. The second kappa shape index (κ2) is 5.75. The molecule has 5 heteroatoms. The minimum absolute atomic E-state index is 0.188. The molecule has 0 aliphatic rings. The molecular weight excluding hydrogens is 242 g/mol. The Morgan fingerprint density at radius 3 is 2.58 bits per heavy atom. The third kappa shape index (κ3) is 3.81. The average Bonchev–Trinajstić information content (AvgIpc) is 2.66. The maximum absolute atomic E-state index is 11.5. The molecule has 0 aliphatic carbocycles. The van der Waals surface area contributed by atoms with Crippen LogP contribution >= 0.6 is 0 Å². The largest absolute Gasteiger partial charge is 0.454 e. The van der Waals surface area contributed by atoms with Crippen molar-refractivity contribution in [2.75, 3.05) is 7.05 Å². The van der Waals surface area contributed by atoms with Gasteiger partial charge in [-0.1, -0.05) is 20.8 Å². The van der Waals surface area contributed by atoms with Crippen LogP contribution in [0, 0.1) is 12.3 Å². The molecule has 1 aromatic heterocycles. The van der Waals surface area contributed by atoms with Crippen LogP contribution in [0.3, 0.4) is 0 Å². The molecule has 0 saturated carbocycles. The van der Waals surface area contributed by atoms with Crippen molar-refractivity contribution in [1.82, 2.24) is 10.3 Å². The monoisotopic (exact) mass is 267 g/mol. The van der Waals surface area contributed by atoms with Crippen molar-refractivity contribution in [3.05, 3.63) is 23.2 Å². The smallest absolute Gasteiger partial charge is 0.301 e. The second-order valence-corrected chi connectivity index (χ2v) is 6.16. The van der Waals surface area contributed by atoms with E-state index in [-0.39, 0.29) is 11.2 Å². The van der Waals surface area contributed by atoms with Gasteiger partial charge in [-0.25, -0.2) is 5.84 Å². The van der Waals surface area contributed by atoms with Crippen molar-refractivity contribution in [2.24, 2.45) is 11.3 Å². The highest BCUT2D eigenvalue weighted by Crippen LogP contribution is 2.25. The summed E-state index contributed by atoms with van der Waals surface area (Å²) in [5.41, 5.74) is 3.08. The number of rotatable bonds is 4. The molecule has 1 rings (SSSR count). The Hall–Kier alpha value is -1.33. The molecule has 0 saturated heterocycles. The summed E-state index contributed by atoms with van der Waals surface area (Å²) < 4.78 is 5.57. The van der Waals surface area contributed by atoms with E-state index >= 15 is 0 Å². The second-order valence-electron chi connectivity index (χ2n) is 6.16. The van der Waals surface area contributed by atoms with E-state index in [2.05, 4.69) is 45.1 Å². The molecule has 1 atom stereocenters. The van der Waals surface area contributed by atoms with Gasteiger partial charge in [0.25, 0.3) is 0 Å². The Labute approximate surface area is 115 Å². The Bertz CT molecular complexity index is 446. The molecular formula is C14H25N3O2. The van der Waals surface area contributed by atoms with Gasteiger partial charge in [0.1, 0.15) is 5.76 Å². The minimum Gasteiger partial charge on any atom is -0.454 e. The fraction of sp³-hybridized carbons (Fsp3) is 0.643. The van der Waals surface area contributed by atoms with Crippen LogP contribution in [0.1, 0.15) is 49.6 Å². The van der Waals surface area contributed by atoms with Crippen LogP contribution in [0.5, 0.6) is 0 Å².